The highest BCUT2D eigenvalue weighted by Gasteiger charge is 2.37. The lowest BCUT2D eigenvalue weighted by Crippen LogP contribution is -2.39. The highest BCUT2D eigenvalue weighted by Crippen LogP contribution is 2.37. The molecule has 2 fully saturated rings. The van der Waals surface area contributed by atoms with E-state index < -0.39 is 5.97 Å². The van der Waals surface area contributed by atoms with E-state index in [9.17, 15) is 9.59 Å². The fraction of sp³-hybridized carbons (Fsp3) is 0.292. The predicted octanol–water partition coefficient (Wildman–Crippen LogP) is 5.86. The van der Waals surface area contributed by atoms with Gasteiger partial charge in [0, 0.05) is 11.1 Å². The van der Waals surface area contributed by atoms with Crippen LogP contribution in [0.5, 0.6) is 11.5 Å². The molecule has 2 aliphatic rings. The van der Waals surface area contributed by atoms with E-state index in [1.807, 2.05) is 6.08 Å². The van der Waals surface area contributed by atoms with Gasteiger partial charge in [0.05, 0.1) is 4.91 Å². The molecule has 1 saturated heterocycles. The van der Waals surface area contributed by atoms with Crippen LogP contribution in [0.4, 0.5) is 0 Å². The Labute approximate surface area is 201 Å². The summed E-state index contributed by atoms with van der Waals surface area (Å²) in [5.41, 5.74) is 0.839. The maximum Gasteiger partial charge on any atom is 0.349 e. The molecule has 166 valence electrons. The minimum absolute atomic E-state index is 0.0123. The van der Waals surface area contributed by atoms with Gasteiger partial charge in [-0.15, -0.1) is 0 Å². The van der Waals surface area contributed by atoms with Crippen molar-refractivity contribution in [2.45, 2.75) is 38.1 Å². The topological polar surface area (TPSA) is 55.8 Å². The van der Waals surface area contributed by atoms with Crippen LogP contribution < -0.4 is 9.47 Å². The van der Waals surface area contributed by atoms with E-state index in [2.05, 4.69) is 0 Å². The van der Waals surface area contributed by atoms with Crippen molar-refractivity contribution >= 4 is 57.9 Å². The number of nitrogens with zero attached hydrogens (tertiary/aromatic N) is 1. The van der Waals surface area contributed by atoms with Crippen LogP contribution in [0.2, 0.25) is 5.02 Å². The third-order valence-electron chi connectivity index (χ3n) is 5.34. The van der Waals surface area contributed by atoms with Crippen LogP contribution in [0.25, 0.3) is 6.08 Å². The highest BCUT2D eigenvalue weighted by molar-refractivity contribution is 8.26. The Hall–Kier alpha value is -2.35. The average molecular weight is 488 g/mol. The summed E-state index contributed by atoms with van der Waals surface area (Å²) in [6.07, 6.45) is 7.38. The number of esters is 1. The van der Waals surface area contributed by atoms with Crippen LogP contribution in [-0.4, -0.2) is 33.7 Å². The molecule has 32 heavy (non-hydrogen) atoms. The van der Waals surface area contributed by atoms with E-state index in [1.54, 1.807) is 53.4 Å². The molecule has 1 heterocycles. The molecule has 0 atom stereocenters. The summed E-state index contributed by atoms with van der Waals surface area (Å²) < 4.78 is 11.3. The first-order chi connectivity index (χ1) is 15.5. The zero-order chi connectivity index (χ0) is 22.5. The monoisotopic (exact) mass is 487 g/mol. The second-order valence-electron chi connectivity index (χ2n) is 7.63. The summed E-state index contributed by atoms with van der Waals surface area (Å²) in [5.74, 6) is 0.414. The van der Waals surface area contributed by atoms with Gasteiger partial charge in [-0.25, -0.2) is 4.79 Å². The van der Waals surface area contributed by atoms with Gasteiger partial charge in [0.1, 0.15) is 15.8 Å². The van der Waals surface area contributed by atoms with Crippen molar-refractivity contribution in [1.82, 2.24) is 4.90 Å². The Kier molecular flexibility index (Phi) is 7.50. The molecule has 0 aromatic heterocycles. The van der Waals surface area contributed by atoms with E-state index in [0.29, 0.717) is 25.7 Å². The zero-order valence-corrected chi connectivity index (χ0v) is 19.7. The number of thiocarbonyl (C=S) groups is 1. The van der Waals surface area contributed by atoms with Crippen molar-refractivity contribution in [2.24, 2.45) is 0 Å². The molecular weight excluding hydrogens is 466 g/mol. The Bertz CT molecular complexity index is 1030. The van der Waals surface area contributed by atoms with Gasteiger partial charge in [-0.05, 0) is 60.9 Å². The first-order valence-corrected chi connectivity index (χ1v) is 12.1. The number of ether oxygens (including phenoxy) is 2. The maximum absolute atomic E-state index is 12.9. The van der Waals surface area contributed by atoms with Crippen molar-refractivity contribution in [2.75, 3.05) is 6.61 Å². The van der Waals surface area contributed by atoms with Crippen LogP contribution in [0.1, 0.15) is 37.7 Å². The lowest BCUT2D eigenvalue weighted by atomic mass is 9.94. The van der Waals surface area contributed by atoms with Gasteiger partial charge in [0.25, 0.3) is 5.91 Å². The normalized spacial score (nSPS) is 18.3. The number of halogens is 1. The molecule has 1 amide bonds. The molecule has 0 unspecified atom stereocenters. The van der Waals surface area contributed by atoms with Crippen LogP contribution in [0.15, 0.2) is 53.4 Å². The Morgan fingerprint density at radius 2 is 1.72 bits per heavy atom. The van der Waals surface area contributed by atoms with Crippen molar-refractivity contribution in [3.8, 4) is 11.5 Å². The molecule has 1 aliphatic heterocycles. The molecule has 0 radical (unpaired) electrons. The van der Waals surface area contributed by atoms with Crippen molar-refractivity contribution in [3.63, 3.8) is 0 Å². The Morgan fingerprint density at radius 3 is 2.41 bits per heavy atom. The van der Waals surface area contributed by atoms with Gasteiger partial charge in [-0.1, -0.05) is 67.0 Å². The van der Waals surface area contributed by atoms with Crippen LogP contribution in [0, 0.1) is 0 Å². The number of carbonyl (C=O) groups excluding carboxylic acids is 2. The van der Waals surface area contributed by atoms with Gasteiger partial charge in [0.2, 0.25) is 0 Å². The molecule has 5 nitrogen and oxygen atoms in total. The van der Waals surface area contributed by atoms with E-state index in [-0.39, 0.29) is 18.6 Å². The van der Waals surface area contributed by atoms with E-state index in [0.717, 1.165) is 31.2 Å². The third kappa shape index (κ3) is 5.71. The Balaban J connectivity index is 1.33. The average Bonchev–Trinajstić information content (AvgIpc) is 3.08. The third-order valence-corrected chi connectivity index (χ3v) is 6.93. The number of hydrogen-bond acceptors (Lipinski definition) is 6. The van der Waals surface area contributed by atoms with E-state index in [1.165, 1.54) is 18.2 Å². The summed E-state index contributed by atoms with van der Waals surface area (Å²) in [5, 5.41) is 0.594. The summed E-state index contributed by atoms with van der Waals surface area (Å²) in [6, 6.07) is 13.9. The molecular formula is C24H22ClNO4S2. The van der Waals surface area contributed by atoms with E-state index >= 15 is 0 Å². The molecule has 0 bridgehead atoms. The smallest absolute Gasteiger partial charge is 0.349 e. The quantitative estimate of drug-likeness (QED) is 0.220. The predicted molar refractivity (Wildman–Crippen MR) is 131 cm³/mol. The number of rotatable bonds is 6. The summed E-state index contributed by atoms with van der Waals surface area (Å²) in [7, 11) is 0. The molecule has 4 rings (SSSR count). The molecule has 0 N–H and O–H groups in total. The second-order valence-corrected chi connectivity index (χ2v) is 9.74. The van der Waals surface area contributed by atoms with Gasteiger partial charge >= 0.3 is 5.97 Å². The highest BCUT2D eigenvalue weighted by atomic mass is 35.5. The van der Waals surface area contributed by atoms with Crippen molar-refractivity contribution in [3.05, 3.63) is 64.0 Å². The fourth-order valence-corrected chi connectivity index (χ4v) is 5.28. The van der Waals surface area contributed by atoms with Gasteiger partial charge < -0.3 is 9.47 Å². The number of hydrogen-bond donors (Lipinski definition) is 0. The largest absolute Gasteiger partial charge is 0.482 e. The maximum atomic E-state index is 12.9. The number of amides is 1. The lowest BCUT2D eigenvalue weighted by molar-refractivity contribution is -0.136. The Morgan fingerprint density at radius 1 is 1.06 bits per heavy atom. The standard InChI is InChI=1S/C24H22ClNO4S2/c25-17-8-12-19(13-9-17)29-15-22(27)30-20-10-6-16(7-11-20)14-21-23(28)26(24(31)32-21)18-4-2-1-3-5-18/h6-14,18H,1-5,15H2. The molecule has 1 aliphatic carbocycles. The molecule has 2 aromatic rings. The minimum atomic E-state index is -0.513. The summed E-state index contributed by atoms with van der Waals surface area (Å²) in [6.45, 7) is -0.215. The second kappa shape index (κ2) is 10.5. The minimum Gasteiger partial charge on any atom is -0.482 e. The van der Waals surface area contributed by atoms with Crippen LogP contribution in [0.3, 0.4) is 0 Å². The first kappa shape index (κ1) is 22.8. The van der Waals surface area contributed by atoms with Gasteiger partial charge in [0.15, 0.2) is 6.61 Å². The van der Waals surface area contributed by atoms with Crippen molar-refractivity contribution in [1.29, 1.82) is 0 Å². The zero-order valence-electron chi connectivity index (χ0n) is 17.3. The summed E-state index contributed by atoms with van der Waals surface area (Å²) in [4.78, 5) is 27.3. The van der Waals surface area contributed by atoms with Crippen molar-refractivity contribution < 1.29 is 19.1 Å². The molecule has 1 saturated carbocycles. The number of carbonyl (C=O) groups is 2. The lowest BCUT2D eigenvalue weighted by Gasteiger charge is -2.29. The SMILES string of the molecule is O=C(COc1ccc(Cl)cc1)Oc1ccc(C=C2SC(=S)N(C3CCCCC3)C2=O)cc1. The van der Waals surface area contributed by atoms with Gasteiger partial charge in [-0.2, -0.15) is 0 Å². The summed E-state index contributed by atoms with van der Waals surface area (Å²) >= 11 is 12.7. The number of benzene rings is 2. The van der Waals surface area contributed by atoms with Crippen LogP contribution in [-0.2, 0) is 9.59 Å². The fourth-order valence-electron chi connectivity index (χ4n) is 3.75. The molecule has 0 spiro atoms. The molecule has 8 heteroatoms. The van der Waals surface area contributed by atoms with Crippen LogP contribution >= 0.6 is 35.6 Å². The first-order valence-electron chi connectivity index (χ1n) is 10.5. The van der Waals surface area contributed by atoms with Gasteiger partial charge in [-0.3, -0.25) is 9.69 Å². The van der Waals surface area contributed by atoms with E-state index in [4.69, 9.17) is 33.3 Å². The number of thioether (sulfide) groups is 1. The molecule has 2 aromatic carbocycles.